The van der Waals surface area contributed by atoms with Crippen LogP contribution in [0.5, 0.6) is 0 Å². The van der Waals surface area contributed by atoms with Crippen molar-refractivity contribution in [3.8, 4) is 0 Å². The van der Waals surface area contributed by atoms with Crippen molar-refractivity contribution in [3.63, 3.8) is 0 Å². The summed E-state index contributed by atoms with van der Waals surface area (Å²) in [7, 11) is 0. The van der Waals surface area contributed by atoms with Crippen LogP contribution in [-0.4, -0.2) is 64.1 Å². The smallest absolute Gasteiger partial charge is 0.307 e. The van der Waals surface area contributed by atoms with E-state index in [4.69, 9.17) is 18.9 Å². The second-order valence-corrected chi connectivity index (χ2v) is 11.7. The Balaban J connectivity index is 2.49. The Bertz CT molecular complexity index is 1070. The number of hydrogen-bond donors (Lipinski definition) is 2. The molecule has 2 bridgehead atoms. The molecule has 212 valence electrons. The number of esters is 4. The first-order chi connectivity index (χ1) is 17.4. The summed E-state index contributed by atoms with van der Waals surface area (Å²) in [6, 6.07) is 0. The van der Waals surface area contributed by atoms with Crippen LogP contribution in [0.4, 0.5) is 0 Å². The van der Waals surface area contributed by atoms with Crippen LogP contribution in [0.1, 0.15) is 74.7 Å². The molecule has 0 radical (unpaired) electrons. The van der Waals surface area contributed by atoms with E-state index in [0.717, 1.165) is 0 Å². The van der Waals surface area contributed by atoms with Crippen LogP contribution < -0.4 is 0 Å². The van der Waals surface area contributed by atoms with Gasteiger partial charge in [0.05, 0.1) is 6.10 Å². The summed E-state index contributed by atoms with van der Waals surface area (Å²) >= 11 is 0. The lowest BCUT2D eigenvalue weighted by Crippen LogP contribution is -2.73. The molecule has 2 fully saturated rings. The first kappa shape index (κ1) is 29.8. The van der Waals surface area contributed by atoms with Gasteiger partial charge in [0, 0.05) is 62.4 Å². The van der Waals surface area contributed by atoms with Crippen LogP contribution >= 0.6 is 0 Å². The minimum Gasteiger partial charge on any atom is -0.462 e. The van der Waals surface area contributed by atoms with Crippen LogP contribution in [0.2, 0.25) is 0 Å². The lowest BCUT2D eigenvalue weighted by Gasteiger charge is -2.63. The lowest BCUT2D eigenvalue weighted by atomic mass is 9.46. The first-order valence-corrected chi connectivity index (χ1v) is 12.9. The molecule has 10 nitrogen and oxygen atoms in total. The highest BCUT2D eigenvalue weighted by atomic mass is 16.6. The first-order valence-electron chi connectivity index (χ1n) is 12.9. The van der Waals surface area contributed by atoms with E-state index in [1.54, 1.807) is 27.7 Å². The molecule has 2 saturated carbocycles. The van der Waals surface area contributed by atoms with E-state index >= 15 is 0 Å². The molecule has 3 rings (SSSR count). The fourth-order valence-electron chi connectivity index (χ4n) is 7.15. The van der Waals surface area contributed by atoms with Gasteiger partial charge in [0.1, 0.15) is 23.6 Å². The monoisotopic (exact) mass is 536 g/mol. The largest absolute Gasteiger partial charge is 0.462 e. The molecule has 0 aromatic heterocycles. The quantitative estimate of drug-likeness (QED) is 0.312. The number of carbonyl (C=O) groups is 4. The summed E-state index contributed by atoms with van der Waals surface area (Å²) < 4.78 is 23.3. The maximum absolute atomic E-state index is 12.7. The van der Waals surface area contributed by atoms with Gasteiger partial charge >= 0.3 is 23.9 Å². The van der Waals surface area contributed by atoms with E-state index in [1.807, 2.05) is 0 Å². The van der Waals surface area contributed by atoms with Crippen molar-refractivity contribution in [1.82, 2.24) is 0 Å². The average molecular weight is 537 g/mol. The molecule has 0 spiro atoms. The van der Waals surface area contributed by atoms with E-state index in [2.05, 4.69) is 6.58 Å². The molecule has 0 unspecified atom stereocenters. The highest BCUT2D eigenvalue weighted by molar-refractivity contribution is 5.69. The summed E-state index contributed by atoms with van der Waals surface area (Å²) in [5.74, 6) is -3.90. The molecule has 38 heavy (non-hydrogen) atoms. The lowest BCUT2D eigenvalue weighted by molar-refractivity contribution is -0.263. The van der Waals surface area contributed by atoms with Crippen molar-refractivity contribution >= 4 is 23.9 Å². The fourth-order valence-corrected chi connectivity index (χ4v) is 7.15. The van der Waals surface area contributed by atoms with Gasteiger partial charge < -0.3 is 29.2 Å². The number of ether oxygens (including phenoxy) is 4. The normalized spacial score (nSPS) is 38.2. The van der Waals surface area contributed by atoms with Gasteiger partial charge in [0.25, 0.3) is 0 Å². The summed E-state index contributed by atoms with van der Waals surface area (Å²) in [6.45, 7) is 15.9. The molecule has 0 aliphatic heterocycles. The Morgan fingerprint density at radius 1 is 0.895 bits per heavy atom. The third-order valence-electron chi connectivity index (χ3n) is 9.02. The predicted octanol–water partition coefficient (Wildman–Crippen LogP) is 2.74. The van der Waals surface area contributed by atoms with Crippen LogP contribution in [0.3, 0.4) is 0 Å². The van der Waals surface area contributed by atoms with Crippen molar-refractivity contribution in [2.75, 3.05) is 0 Å². The Morgan fingerprint density at radius 3 is 1.92 bits per heavy atom. The number of fused-ring (bicyclic) bond motifs is 3. The van der Waals surface area contributed by atoms with Crippen molar-refractivity contribution in [2.24, 2.45) is 22.7 Å². The summed E-state index contributed by atoms with van der Waals surface area (Å²) in [5, 5.41) is 23.6. The van der Waals surface area contributed by atoms with E-state index in [1.165, 1.54) is 27.7 Å². The summed E-state index contributed by atoms with van der Waals surface area (Å²) in [6.07, 6.45) is -3.89. The van der Waals surface area contributed by atoms with Gasteiger partial charge in [0.15, 0.2) is 6.10 Å². The van der Waals surface area contributed by atoms with Gasteiger partial charge in [-0.1, -0.05) is 27.4 Å². The Kier molecular flexibility index (Phi) is 7.94. The van der Waals surface area contributed by atoms with Crippen LogP contribution in [0.25, 0.3) is 0 Å². The molecule has 2 N–H and O–H groups in total. The SMILES string of the molecule is C=C1[C@@H](O)CC[C@@]2(C)[C@@H](OC(C)=O)[C@H](OC(C)=O)[C@@]3(O)C(C)=C(OC(C)=O)C[C@@H]([C@@H](OC(C)=O)[C@H]12)C3(C)C. The number of allylic oxidation sites excluding steroid dienone is 1. The molecule has 0 saturated heterocycles. The molecule has 3 aliphatic rings. The molecule has 8 atom stereocenters. The Labute approximate surface area is 223 Å². The molecular weight excluding hydrogens is 496 g/mol. The van der Waals surface area contributed by atoms with E-state index in [-0.39, 0.29) is 30.6 Å². The third-order valence-corrected chi connectivity index (χ3v) is 9.02. The second kappa shape index (κ2) is 10.1. The number of aliphatic hydroxyl groups excluding tert-OH is 1. The number of aliphatic hydroxyl groups is 2. The number of carbonyl (C=O) groups excluding carboxylic acids is 4. The Morgan fingerprint density at radius 2 is 1.42 bits per heavy atom. The topological polar surface area (TPSA) is 146 Å². The minimum atomic E-state index is -2.02. The van der Waals surface area contributed by atoms with Gasteiger partial charge in [-0.05, 0) is 25.3 Å². The zero-order chi connectivity index (χ0) is 29.0. The maximum Gasteiger partial charge on any atom is 0.307 e. The van der Waals surface area contributed by atoms with Crippen LogP contribution in [-0.2, 0) is 38.1 Å². The average Bonchev–Trinajstić information content (AvgIpc) is 2.77. The van der Waals surface area contributed by atoms with Crippen molar-refractivity contribution in [1.29, 1.82) is 0 Å². The standard InChI is InChI=1S/C28H40O10/c1-13-20(33)10-11-27(9)22(13)23(36-16(4)30)19-12-21(35-15(3)29)14(2)28(34,26(19,7)8)25(38-18(6)32)24(27)37-17(5)31/h19-20,22-25,33-34H,1,10-12H2,2-9H3/t19-,20-,22-,23+,24-,25-,27+,28-/m0/s1. The minimum absolute atomic E-state index is 0.111. The van der Waals surface area contributed by atoms with Gasteiger partial charge in [-0.3, -0.25) is 19.2 Å². The zero-order valence-corrected chi connectivity index (χ0v) is 23.5. The van der Waals surface area contributed by atoms with Gasteiger partial charge in [-0.25, -0.2) is 0 Å². The van der Waals surface area contributed by atoms with E-state index in [9.17, 15) is 29.4 Å². The second-order valence-electron chi connectivity index (χ2n) is 11.7. The number of hydrogen-bond acceptors (Lipinski definition) is 10. The maximum atomic E-state index is 12.7. The van der Waals surface area contributed by atoms with Gasteiger partial charge in [-0.2, -0.15) is 0 Å². The number of rotatable bonds is 4. The van der Waals surface area contributed by atoms with E-state index in [0.29, 0.717) is 5.57 Å². The van der Waals surface area contributed by atoms with Gasteiger partial charge in [0.2, 0.25) is 0 Å². The molecule has 0 aromatic carbocycles. The molecular formula is C28H40O10. The Hall–Kier alpha value is -2.72. The van der Waals surface area contributed by atoms with E-state index < -0.39 is 76.6 Å². The van der Waals surface area contributed by atoms with Gasteiger partial charge in [-0.15, -0.1) is 0 Å². The highest BCUT2D eigenvalue weighted by Crippen LogP contribution is 2.63. The third kappa shape index (κ3) is 4.66. The summed E-state index contributed by atoms with van der Waals surface area (Å²) in [5.41, 5.74) is -3.66. The zero-order valence-electron chi connectivity index (χ0n) is 23.5. The van der Waals surface area contributed by atoms with Crippen LogP contribution in [0, 0.1) is 22.7 Å². The molecule has 0 heterocycles. The predicted molar refractivity (Wildman–Crippen MR) is 134 cm³/mol. The molecule has 3 aliphatic carbocycles. The highest BCUT2D eigenvalue weighted by Gasteiger charge is 2.71. The molecule has 0 amide bonds. The van der Waals surface area contributed by atoms with Crippen molar-refractivity contribution < 1.29 is 48.3 Å². The molecule has 10 heteroatoms. The van der Waals surface area contributed by atoms with Crippen molar-refractivity contribution in [2.45, 2.75) is 105 Å². The van der Waals surface area contributed by atoms with Crippen molar-refractivity contribution in [3.05, 3.63) is 23.5 Å². The summed E-state index contributed by atoms with van der Waals surface area (Å²) in [4.78, 5) is 49.6. The molecule has 0 aromatic rings. The van der Waals surface area contributed by atoms with Crippen LogP contribution in [0.15, 0.2) is 23.5 Å². The fraction of sp³-hybridized carbons (Fsp3) is 0.714.